The van der Waals surface area contributed by atoms with Gasteiger partial charge in [-0.1, -0.05) is 32.9 Å². The molecule has 0 aliphatic carbocycles. The average molecular weight is 236 g/mol. The van der Waals surface area contributed by atoms with E-state index in [1.165, 1.54) is 12.1 Å². The van der Waals surface area contributed by atoms with Crippen LogP contribution in [-0.4, -0.2) is 0 Å². The van der Waals surface area contributed by atoms with Crippen molar-refractivity contribution < 1.29 is 8.78 Å². The predicted octanol–water partition coefficient (Wildman–Crippen LogP) is 3.43. The molecule has 0 bridgehead atoms. The van der Waals surface area contributed by atoms with Crippen LogP contribution in [0.15, 0.2) is 18.2 Å². The molecule has 4 heteroatoms. The maximum absolute atomic E-state index is 13.3. The summed E-state index contributed by atoms with van der Waals surface area (Å²) in [6.45, 7) is 5.67. The standard InChI is InChI=1S/C11H15F2N.ClH/c1-11(2,3)10(14)7-5-4-6-8(12)9(7)13;/h4-6,10H,14H2,1-3H3;1H/t10-;/m1./s1. The smallest absolute Gasteiger partial charge is 0.163 e. The minimum absolute atomic E-state index is 0. The predicted molar refractivity (Wildman–Crippen MR) is 60.0 cm³/mol. The molecule has 0 aliphatic rings. The fraction of sp³-hybridized carbons (Fsp3) is 0.455. The van der Waals surface area contributed by atoms with Gasteiger partial charge in [-0.25, -0.2) is 8.78 Å². The second kappa shape index (κ2) is 4.90. The zero-order valence-corrected chi connectivity index (χ0v) is 9.87. The van der Waals surface area contributed by atoms with Crippen molar-refractivity contribution in [2.24, 2.45) is 11.1 Å². The summed E-state index contributed by atoms with van der Waals surface area (Å²) in [6, 6.07) is 3.58. The summed E-state index contributed by atoms with van der Waals surface area (Å²) >= 11 is 0. The molecular weight excluding hydrogens is 220 g/mol. The largest absolute Gasteiger partial charge is 0.323 e. The summed E-state index contributed by atoms with van der Waals surface area (Å²) in [7, 11) is 0. The maximum atomic E-state index is 13.3. The molecule has 1 aromatic rings. The van der Waals surface area contributed by atoms with Crippen LogP contribution in [0.4, 0.5) is 8.78 Å². The van der Waals surface area contributed by atoms with E-state index in [9.17, 15) is 8.78 Å². The summed E-state index contributed by atoms with van der Waals surface area (Å²) in [5.41, 5.74) is 5.79. The third kappa shape index (κ3) is 3.14. The number of rotatable bonds is 1. The van der Waals surface area contributed by atoms with E-state index in [-0.39, 0.29) is 23.4 Å². The van der Waals surface area contributed by atoms with E-state index in [2.05, 4.69) is 0 Å². The number of nitrogens with two attached hydrogens (primary N) is 1. The molecule has 0 radical (unpaired) electrons. The molecule has 0 aliphatic heterocycles. The van der Waals surface area contributed by atoms with E-state index in [1.807, 2.05) is 20.8 Å². The maximum Gasteiger partial charge on any atom is 0.163 e. The van der Waals surface area contributed by atoms with Gasteiger partial charge in [-0.3, -0.25) is 0 Å². The van der Waals surface area contributed by atoms with Gasteiger partial charge in [-0.15, -0.1) is 12.4 Å². The fourth-order valence-electron chi connectivity index (χ4n) is 1.23. The molecule has 1 aromatic carbocycles. The Kier molecular flexibility index (Phi) is 4.68. The first-order valence-corrected chi connectivity index (χ1v) is 4.53. The average Bonchev–Trinajstić information content (AvgIpc) is 2.07. The second-order valence-corrected chi connectivity index (χ2v) is 4.49. The van der Waals surface area contributed by atoms with Crippen LogP contribution in [0, 0.1) is 17.0 Å². The zero-order chi connectivity index (χ0) is 10.9. The van der Waals surface area contributed by atoms with Crippen LogP contribution in [0.25, 0.3) is 0 Å². The van der Waals surface area contributed by atoms with Gasteiger partial charge < -0.3 is 5.73 Å². The lowest BCUT2D eigenvalue weighted by Crippen LogP contribution is -2.27. The van der Waals surface area contributed by atoms with Crippen LogP contribution in [0.2, 0.25) is 0 Å². The Labute approximate surface area is 95.1 Å². The van der Waals surface area contributed by atoms with Gasteiger partial charge in [0.15, 0.2) is 11.6 Å². The van der Waals surface area contributed by atoms with Gasteiger partial charge >= 0.3 is 0 Å². The molecule has 0 heterocycles. The van der Waals surface area contributed by atoms with Crippen LogP contribution in [0.3, 0.4) is 0 Å². The van der Waals surface area contributed by atoms with Crippen molar-refractivity contribution in [2.75, 3.05) is 0 Å². The third-order valence-electron chi connectivity index (χ3n) is 2.25. The van der Waals surface area contributed by atoms with Gasteiger partial charge in [-0.2, -0.15) is 0 Å². The first kappa shape index (κ1) is 14.3. The van der Waals surface area contributed by atoms with Gasteiger partial charge in [0.2, 0.25) is 0 Å². The van der Waals surface area contributed by atoms with Crippen LogP contribution in [-0.2, 0) is 0 Å². The van der Waals surface area contributed by atoms with Gasteiger partial charge in [-0.05, 0) is 11.5 Å². The zero-order valence-electron chi connectivity index (χ0n) is 9.05. The second-order valence-electron chi connectivity index (χ2n) is 4.49. The quantitative estimate of drug-likeness (QED) is 0.793. The molecule has 0 saturated heterocycles. The molecule has 1 atom stereocenters. The van der Waals surface area contributed by atoms with Crippen molar-refractivity contribution >= 4 is 12.4 Å². The van der Waals surface area contributed by atoms with Gasteiger partial charge in [0, 0.05) is 11.6 Å². The van der Waals surface area contributed by atoms with Crippen LogP contribution in [0.5, 0.6) is 0 Å². The van der Waals surface area contributed by atoms with Gasteiger partial charge in [0.25, 0.3) is 0 Å². The molecular formula is C11H16ClF2N. The van der Waals surface area contributed by atoms with Crippen LogP contribution in [0.1, 0.15) is 32.4 Å². The first-order valence-electron chi connectivity index (χ1n) is 4.53. The van der Waals surface area contributed by atoms with Crippen LogP contribution < -0.4 is 5.73 Å². The third-order valence-corrected chi connectivity index (χ3v) is 2.25. The molecule has 0 aromatic heterocycles. The first-order chi connectivity index (χ1) is 6.34. The normalized spacial score (nSPS) is 13.2. The topological polar surface area (TPSA) is 26.0 Å². The Morgan fingerprint density at radius 1 is 1.20 bits per heavy atom. The van der Waals surface area contributed by atoms with Crippen LogP contribution >= 0.6 is 12.4 Å². The Balaban J connectivity index is 0.00000196. The Morgan fingerprint density at radius 3 is 2.20 bits per heavy atom. The highest BCUT2D eigenvalue weighted by Crippen LogP contribution is 2.32. The highest BCUT2D eigenvalue weighted by molar-refractivity contribution is 5.85. The molecule has 15 heavy (non-hydrogen) atoms. The summed E-state index contributed by atoms with van der Waals surface area (Å²) < 4.78 is 26.2. The lowest BCUT2D eigenvalue weighted by atomic mass is 9.83. The van der Waals surface area contributed by atoms with E-state index in [0.717, 1.165) is 6.07 Å². The molecule has 0 spiro atoms. The summed E-state index contributed by atoms with van der Waals surface area (Å²) in [5, 5.41) is 0. The summed E-state index contributed by atoms with van der Waals surface area (Å²) in [4.78, 5) is 0. The Morgan fingerprint density at radius 2 is 1.73 bits per heavy atom. The van der Waals surface area contributed by atoms with E-state index < -0.39 is 17.7 Å². The number of benzene rings is 1. The van der Waals surface area contributed by atoms with Gasteiger partial charge in [0.05, 0.1) is 0 Å². The molecule has 0 amide bonds. The molecule has 0 fully saturated rings. The monoisotopic (exact) mass is 235 g/mol. The molecule has 1 rings (SSSR count). The lowest BCUT2D eigenvalue weighted by molar-refractivity contribution is 0.316. The number of halogens is 3. The summed E-state index contributed by atoms with van der Waals surface area (Å²) in [5.74, 6) is -1.68. The van der Waals surface area contributed by atoms with E-state index >= 15 is 0 Å². The van der Waals surface area contributed by atoms with Crippen molar-refractivity contribution in [3.8, 4) is 0 Å². The molecule has 0 saturated carbocycles. The van der Waals surface area contributed by atoms with Crippen molar-refractivity contribution in [1.82, 2.24) is 0 Å². The molecule has 2 N–H and O–H groups in total. The van der Waals surface area contributed by atoms with E-state index in [4.69, 9.17) is 5.73 Å². The number of hydrogen-bond acceptors (Lipinski definition) is 1. The fourth-order valence-corrected chi connectivity index (χ4v) is 1.23. The number of hydrogen-bond donors (Lipinski definition) is 1. The van der Waals surface area contributed by atoms with E-state index in [1.54, 1.807) is 0 Å². The van der Waals surface area contributed by atoms with Crippen molar-refractivity contribution in [1.29, 1.82) is 0 Å². The van der Waals surface area contributed by atoms with Gasteiger partial charge in [0.1, 0.15) is 0 Å². The van der Waals surface area contributed by atoms with E-state index in [0.29, 0.717) is 0 Å². The minimum atomic E-state index is -0.845. The SMILES string of the molecule is CC(C)(C)[C@H](N)c1cccc(F)c1F.Cl. The van der Waals surface area contributed by atoms with Crippen molar-refractivity contribution in [3.05, 3.63) is 35.4 Å². The highest BCUT2D eigenvalue weighted by Gasteiger charge is 2.25. The minimum Gasteiger partial charge on any atom is -0.323 e. The molecule has 86 valence electrons. The summed E-state index contributed by atoms with van der Waals surface area (Å²) in [6.07, 6.45) is 0. The molecule has 0 unspecified atom stereocenters. The van der Waals surface area contributed by atoms with Crippen molar-refractivity contribution in [2.45, 2.75) is 26.8 Å². The lowest BCUT2D eigenvalue weighted by Gasteiger charge is -2.27. The Hall–Kier alpha value is -0.670. The van der Waals surface area contributed by atoms with Crippen molar-refractivity contribution in [3.63, 3.8) is 0 Å². The Bertz CT molecular complexity index is 334. The molecule has 1 nitrogen and oxygen atoms in total. The highest BCUT2D eigenvalue weighted by atomic mass is 35.5.